The lowest BCUT2D eigenvalue weighted by atomic mass is 10.0. The summed E-state index contributed by atoms with van der Waals surface area (Å²) in [5, 5.41) is 2.79. The maximum atomic E-state index is 12.0. The molecule has 0 heterocycles. The Hall–Kier alpha value is -0.960. The van der Waals surface area contributed by atoms with Crippen LogP contribution in [0.3, 0.4) is 0 Å². The second-order valence-electron chi connectivity index (χ2n) is 4.97. The summed E-state index contributed by atoms with van der Waals surface area (Å²) in [6.07, 6.45) is 1.62. The Balaban J connectivity index is 2.51. The molecule has 0 aliphatic rings. The van der Waals surface area contributed by atoms with Crippen LogP contribution in [0.5, 0.6) is 0 Å². The lowest BCUT2D eigenvalue weighted by molar-refractivity contribution is -0.121. The molecule has 0 saturated heterocycles. The number of carbonyl (C=O) groups is 1. The lowest BCUT2D eigenvalue weighted by Gasteiger charge is -2.22. The number of rotatable bonds is 6. The van der Waals surface area contributed by atoms with Gasteiger partial charge in [-0.1, -0.05) is 51.1 Å². The first-order valence-electron chi connectivity index (χ1n) is 6.57. The van der Waals surface area contributed by atoms with Gasteiger partial charge in [-0.2, -0.15) is 12.6 Å². The molecule has 2 unspecified atom stereocenters. The minimum absolute atomic E-state index is 0.0303. The number of amides is 1. The molecule has 0 radical (unpaired) electrons. The number of carbonyl (C=O) groups excluding carboxylic acids is 1. The van der Waals surface area contributed by atoms with Gasteiger partial charge >= 0.3 is 0 Å². The van der Waals surface area contributed by atoms with Crippen molar-refractivity contribution in [2.45, 2.75) is 44.9 Å². The molecule has 0 saturated carbocycles. The molecule has 1 aromatic carbocycles. The topological polar surface area (TPSA) is 29.1 Å². The molecular formula is C15H23NOS. The Morgan fingerprint density at radius 2 is 1.89 bits per heavy atom. The van der Waals surface area contributed by atoms with Crippen LogP contribution in [0.4, 0.5) is 0 Å². The highest BCUT2D eigenvalue weighted by molar-refractivity contribution is 7.81. The summed E-state index contributed by atoms with van der Waals surface area (Å²) in [6.45, 7) is 6.34. The second kappa shape index (κ2) is 7.47. The van der Waals surface area contributed by atoms with E-state index in [1.807, 2.05) is 30.3 Å². The number of thiol groups is 1. The highest BCUT2D eigenvalue weighted by Crippen LogP contribution is 2.10. The summed E-state index contributed by atoms with van der Waals surface area (Å²) in [4.78, 5) is 12.0. The van der Waals surface area contributed by atoms with Crippen LogP contribution in [-0.2, 0) is 11.2 Å². The summed E-state index contributed by atoms with van der Waals surface area (Å²) < 4.78 is 0. The van der Waals surface area contributed by atoms with E-state index in [1.165, 1.54) is 0 Å². The number of hydrogen-bond donors (Lipinski definition) is 2. The molecule has 0 aliphatic carbocycles. The molecule has 18 heavy (non-hydrogen) atoms. The van der Waals surface area contributed by atoms with Gasteiger partial charge in [0, 0.05) is 6.04 Å². The van der Waals surface area contributed by atoms with Crippen molar-refractivity contribution in [3.8, 4) is 0 Å². The van der Waals surface area contributed by atoms with Gasteiger partial charge in [0.1, 0.15) is 0 Å². The zero-order valence-electron chi connectivity index (χ0n) is 11.4. The zero-order valence-corrected chi connectivity index (χ0v) is 12.3. The van der Waals surface area contributed by atoms with Gasteiger partial charge < -0.3 is 5.32 Å². The average Bonchev–Trinajstić information content (AvgIpc) is 2.36. The molecule has 2 atom stereocenters. The van der Waals surface area contributed by atoms with Crippen molar-refractivity contribution in [1.82, 2.24) is 5.32 Å². The van der Waals surface area contributed by atoms with Crippen LogP contribution in [0.15, 0.2) is 30.3 Å². The van der Waals surface area contributed by atoms with Crippen molar-refractivity contribution in [2.75, 3.05) is 0 Å². The zero-order chi connectivity index (χ0) is 13.5. The Morgan fingerprint density at radius 1 is 1.28 bits per heavy atom. The van der Waals surface area contributed by atoms with E-state index in [4.69, 9.17) is 0 Å². The molecule has 0 aromatic heterocycles. The van der Waals surface area contributed by atoms with E-state index in [-0.39, 0.29) is 17.2 Å². The van der Waals surface area contributed by atoms with E-state index in [1.54, 1.807) is 0 Å². The molecule has 0 bridgehead atoms. The maximum absolute atomic E-state index is 12.0. The van der Waals surface area contributed by atoms with E-state index in [0.29, 0.717) is 12.3 Å². The SMILES string of the molecule is CCC(NC(=O)C(S)Cc1ccccc1)C(C)C. The third kappa shape index (κ3) is 4.73. The third-order valence-electron chi connectivity index (χ3n) is 3.15. The van der Waals surface area contributed by atoms with Gasteiger partial charge in [0.25, 0.3) is 0 Å². The normalized spacial score (nSPS) is 14.3. The van der Waals surface area contributed by atoms with Crippen LogP contribution in [-0.4, -0.2) is 17.2 Å². The fourth-order valence-electron chi connectivity index (χ4n) is 1.95. The Morgan fingerprint density at radius 3 is 2.39 bits per heavy atom. The lowest BCUT2D eigenvalue weighted by Crippen LogP contribution is -2.42. The molecule has 1 rings (SSSR count). The fourth-order valence-corrected chi connectivity index (χ4v) is 2.23. The molecule has 2 nitrogen and oxygen atoms in total. The largest absolute Gasteiger partial charge is 0.352 e. The Labute approximate surface area is 116 Å². The Bertz CT molecular complexity index is 364. The first kappa shape index (κ1) is 15.1. The highest BCUT2D eigenvalue weighted by atomic mass is 32.1. The highest BCUT2D eigenvalue weighted by Gasteiger charge is 2.19. The molecule has 1 N–H and O–H groups in total. The maximum Gasteiger partial charge on any atom is 0.233 e. The average molecular weight is 265 g/mol. The first-order chi connectivity index (χ1) is 8.54. The van der Waals surface area contributed by atoms with Crippen LogP contribution in [0, 0.1) is 5.92 Å². The molecule has 0 aliphatic heterocycles. The van der Waals surface area contributed by atoms with Gasteiger partial charge in [-0.25, -0.2) is 0 Å². The molecule has 1 aromatic rings. The van der Waals surface area contributed by atoms with E-state index in [0.717, 1.165) is 12.0 Å². The van der Waals surface area contributed by atoms with E-state index < -0.39 is 0 Å². The van der Waals surface area contributed by atoms with E-state index in [9.17, 15) is 4.79 Å². The molecule has 0 spiro atoms. The van der Waals surface area contributed by atoms with Crippen molar-refractivity contribution in [1.29, 1.82) is 0 Å². The smallest absolute Gasteiger partial charge is 0.233 e. The molecule has 1 amide bonds. The molecule has 0 fully saturated rings. The standard InChI is InChI=1S/C15H23NOS/c1-4-13(11(2)3)16-15(17)14(18)10-12-8-6-5-7-9-12/h5-9,11,13-14,18H,4,10H2,1-3H3,(H,16,17). The van der Waals surface area contributed by atoms with Crippen LogP contribution >= 0.6 is 12.6 Å². The van der Waals surface area contributed by atoms with Crippen molar-refractivity contribution in [2.24, 2.45) is 5.92 Å². The van der Waals surface area contributed by atoms with Gasteiger partial charge in [0.15, 0.2) is 0 Å². The van der Waals surface area contributed by atoms with Gasteiger partial charge in [-0.3, -0.25) is 4.79 Å². The fraction of sp³-hybridized carbons (Fsp3) is 0.533. The second-order valence-corrected chi connectivity index (χ2v) is 5.60. The summed E-state index contributed by atoms with van der Waals surface area (Å²) in [7, 11) is 0. The van der Waals surface area contributed by atoms with Crippen LogP contribution in [0.1, 0.15) is 32.8 Å². The van der Waals surface area contributed by atoms with Crippen molar-refractivity contribution >= 4 is 18.5 Å². The Kier molecular flexibility index (Phi) is 6.27. The van der Waals surface area contributed by atoms with Gasteiger partial charge in [-0.05, 0) is 24.3 Å². The number of hydrogen-bond acceptors (Lipinski definition) is 2. The summed E-state index contributed by atoms with van der Waals surface area (Å²) in [5.74, 6) is 0.485. The van der Waals surface area contributed by atoms with Crippen molar-refractivity contribution < 1.29 is 4.79 Å². The number of nitrogens with one attached hydrogen (secondary N) is 1. The van der Waals surface area contributed by atoms with Gasteiger partial charge in [0.05, 0.1) is 5.25 Å². The summed E-state index contributed by atoms with van der Waals surface area (Å²) >= 11 is 4.41. The minimum atomic E-state index is -0.278. The van der Waals surface area contributed by atoms with Gasteiger partial charge in [-0.15, -0.1) is 0 Å². The summed E-state index contributed by atoms with van der Waals surface area (Å²) in [6, 6.07) is 10.2. The van der Waals surface area contributed by atoms with Crippen LogP contribution in [0.2, 0.25) is 0 Å². The van der Waals surface area contributed by atoms with Crippen molar-refractivity contribution in [3.63, 3.8) is 0 Å². The van der Waals surface area contributed by atoms with Crippen LogP contribution < -0.4 is 5.32 Å². The first-order valence-corrected chi connectivity index (χ1v) is 7.08. The number of benzene rings is 1. The molecule has 100 valence electrons. The van der Waals surface area contributed by atoms with Crippen LogP contribution in [0.25, 0.3) is 0 Å². The minimum Gasteiger partial charge on any atom is -0.352 e. The molecule has 3 heteroatoms. The van der Waals surface area contributed by atoms with E-state index in [2.05, 4.69) is 38.7 Å². The van der Waals surface area contributed by atoms with Crippen molar-refractivity contribution in [3.05, 3.63) is 35.9 Å². The monoisotopic (exact) mass is 265 g/mol. The van der Waals surface area contributed by atoms with Gasteiger partial charge in [0.2, 0.25) is 5.91 Å². The third-order valence-corrected chi connectivity index (χ3v) is 3.56. The summed E-state index contributed by atoms with van der Waals surface area (Å²) in [5.41, 5.74) is 1.14. The predicted octanol–water partition coefficient (Wildman–Crippen LogP) is 3.08. The molecular weight excluding hydrogens is 242 g/mol. The van der Waals surface area contributed by atoms with E-state index >= 15 is 0 Å². The predicted molar refractivity (Wildman–Crippen MR) is 80.0 cm³/mol. The quantitative estimate of drug-likeness (QED) is 0.760.